The molecule has 1 saturated carbocycles. The zero-order valence-corrected chi connectivity index (χ0v) is 10.6. The van der Waals surface area contributed by atoms with Gasteiger partial charge in [-0.15, -0.1) is 0 Å². The van der Waals surface area contributed by atoms with E-state index < -0.39 is 11.9 Å². The van der Waals surface area contributed by atoms with Gasteiger partial charge in [0.05, 0.1) is 18.1 Å². The molecule has 0 aliphatic heterocycles. The van der Waals surface area contributed by atoms with Gasteiger partial charge in [-0.2, -0.15) is 0 Å². The maximum absolute atomic E-state index is 11.3. The van der Waals surface area contributed by atoms with Crippen molar-refractivity contribution in [1.82, 2.24) is 0 Å². The molecule has 17 heavy (non-hydrogen) atoms. The van der Waals surface area contributed by atoms with Gasteiger partial charge in [-0.1, -0.05) is 11.6 Å². The third kappa shape index (κ3) is 2.39. The number of hydrogen-bond acceptors (Lipinski definition) is 2. The van der Waals surface area contributed by atoms with E-state index in [1.165, 1.54) is 0 Å². The Labute approximate surface area is 105 Å². The molecule has 0 radical (unpaired) electrons. The van der Waals surface area contributed by atoms with E-state index in [2.05, 4.69) is 0 Å². The molecular formula is C13H15ClO3. The molecule has 1 N–H and O–H groups in total. The molecular weight excluding hydrogens is 240 g/mol. The molecule has 0 saturated heterocycles. The maximum atomic E-state index is 11.3. The average Bonchev–Trinajstić information content (AvgIpc) is 3.06. The molecule has 0 spiro atoms. The lowest BCUT2D eigenvalue weighted by atomic mass is 9.90. The van der Waals surface area contributed by atoms with Gasteiger partial charge in [-0.3, -0.25) is 4.79 Å². The number of benzene rings is 1. The van der Waals surface area contributed by atoms with Gasteiger partial charge in [0.15, 0.2) is 0 Å². The van der Waals surface area contributed by atoms with Gasteiger partial charge < -0.3 is 9.84 Å². The molecule has 1 aromatic rings. The van der Waals surface area contributed by atoms with Crippen LogP contribution in [-0.2, 0) is 4.79 Å². The van der Waals surface area contributed by atoms with Crippen molar-refractivity contribution >= 4 is 17.6 Å². The van der Waals surface area contributed by atoms with Crippen LogP contribution in [0.25, 0.3) is 0 Å². The molecule has 1 aliphatic rings. The Balaban J connectivity index is 2.43. The lowest BCUT2D eigenvalue weighted by molar-refractivity contribution is -0.139. The van der Waals surface area contributed by atoms with E-state index in [0.717, 1.165) is 24.0 Å². The Kier molecular flexibility index (Phi) is 3.29. The van der Waals surface area contributed by atoms with Crippen LogP contribution in [0.3, 0.4) is 0 Å². The van der Waals surface area contributed by atoms with E-state index in [9.17, 15) is 9.90 Å². The SMILES string of the molecule is COc1cc(C)c(C(C(=O)O)C2CC2)cc1Cl. The second-order valence-corrected chi connectivity index (χ2v) is 4.90. The molecule has 1 fully saturated rings. The fraction of sp³-hybridized carbons (Fsp3) is 0.462. The maximum Gasteiger partial charge on any atom is 0.311 e. The summed E-state index contributed by atoms with van der Waals surface area (Å²) in [6.45, 7) is 1.90. The number of hydrogen-bond donors (Lipinski definition) is 1. The molecule has 0 amide bonds. The van der Waals surface area contributed by atoms with Crippen molar-refractivity contribution in [3.8, 4) is 5.75 Å². The Bertz CT molecular complexity index is 452. The monoisotopic (exact) mass is 254 g/mol. The summed E-state index contributed by atoms with van der Waals surface area (Å²) in [4.78, 5) is 11.3. The van der Waals surface area contributed by atoms with Gasteiger partial charge >= 0.3 is 5.97 Å². The molecule has 92 valence electrons. The van der Waals surface area contributed by atoms with Crippen LogP contribution in [0.15, 0.2) is 12.1 Å². The van der Waals surface area contributed by atoms with Crippen LogP contribution in [0.4, 0.5) is 0 Å². The fourth-order valence-electron chi connectivity index (χ4n) is 2.18. The van der Waals surface area contributed by atoms with Crippen molar-refractivity contribution in [2.45, 2.75) is 25.7 Å². The van der Waals surface area contributed by atoms with Crippen molar-refractivity contribution in [3.05, 3.63) is 28.3 Å². The van der Waals surface area contributed by atoms with Crippen LogP contribution in [0.5, 0.6) is 5.75 Å². The number of carbonyl (C=O) groups is 1. The quantitative estimate of drug-likeness (QED) is 0.897. The molecule has 0 bridgehead atoms. The van der Waals surface area contributed by atoms with E-state index in [-0.39, 0.29) is 5.92 Å². The van der Waals surface area contributed by atoms with E-state index in [0.29, 0.717) is 10.8 Å². The van der Waals surface area contributed by atoms with E-state index in [4.69, 9.17) is 16.3 Å². The summed E-state index contributed by atoms with van der Waals surface area (Å²) in [6.07, 6.45) is 1.97. The summed E-state index contributed by atoms with van der Waals surface area (Å²) in [5.41, 5.74) is 1.73. The van der Waals surface area contributed by atoms with Gasteiger partial charge in [-0.05, 0) is 48.9 Å². The highest BCUT2D eigenvalue weighted by molar-refractivity contribution is 6.32. The fourth-order valence-corrected chi connectivity index (χ4v) is 2.43. The Morgan fingerprint density at radius 3 is 2.65 bits per heavy atom. The highest BCUT2D eigenvalue weighted by atomic mass is 35.5. The minimum atomic E-state index is -0.767. The average molecular weight is 255 g/mol. The summed E-state index contributed by atoms with van der Waals surface area (Å²) in [5, 5.41) is 9.78. The number of carboxylic acids is 1. The second-order valence-electron chi connectivity index (χ2n) is 4.50. The van der Waals surface area contributed by atoms with Crippen LogP contribution in [-0.4, -0.2) is 18.2 Å². The molecule has 0 aromatic heterocycles. The summed E-state index contributed by atoms with van der Waals surface area (Å²) >= 11 is 6.06. The third-order valence-corrected chi connectivity index (χ3v) is 3.53. The molecule has 3 nitrogen and oxygen atoms in total. The first-order valence-corrected chi connectivity index (χ1v) is 5.99. The normalized spacial score (nSPS) is 16.6. The van der Waals surface area contributed by atoms with Gasteiger partial charge in [0.25, 0.3) is 0 Å². The van der Waals surface area contributed by atoms with Crippen LogP contribution >= 0.6 is 11.6 Å². The minimum Gasteiger partial charge on any atom is -0.495 e. The van der Waals surface area contributed by atoms with E-state index in [1.807, 2.05) is 6.92 Å². The van der Waals surface area contributed by atoms with E-state index >= 15 is 0 Å². The number of ether oxygens (including phenoxy) is 1. The Morgan fingerprint density at radius 1 is 1.53 bits per heavy atom. The number of aliphatic carboxylic acids is 1. The zero-order valence-electron chi connectivity index (χ0n) is 9.87. The minimum absolute atomic E-state index is 0.260. The van der Waals surface area contributed by atoms with Crippen molar-refractivity contribution in [1.29, 1.82) is 0 Å². The predicted molar refractivity (Wildman–Crippen MR) is 65.8 cm³/mol. The van der Waals surface area contributed by atoms with Gasteiger partial charge in [0.2, 0.25) is 0 Å². The summed E-state index contributed by atoms with van der Waals surface area (Å²) in [6, 6.07) is 3.53. The van der Waals surface area contributed by atoms with Gasteiger partial charge in [-0.25, -0.2) is 0 Å². The first kappa shape index (κ1) is 12.2. The van der Waals surface area contributed by atoms with Crippen LogP contribution < -0.4 is 4.74 Å². The topological polar surface area (TPSA) is 46.5 Å². The standard InChI is InChI=1S/C13H15ClO3/c1-7-5-11(17-2)10(14)6-9(7)12(13(15)16)8-3-4-8/h5-6,8,12H,3-4H2,1-2H3,(H,15,16). The number of aryl methyl sites for hydroxylation is 1. The third-order valence-electron chi connectivity index (χ3n) is 3.23. The highest BCUT2D eigenvalue weighted by Crippen LogP contribution is 2.45. The number of methoxy groups -OCH3 is 1. The number of rotatable bonds is 4. The van der Waals surface area contributed by atoms with Crippen molar-refractivity contribution in [2.75, 3.05) is 7.11 Å². The highest BCUT2D eigenvalue weighted by Gasteiger charge is 2.38. The largest absolute Gasteiger partial charge is 0.495 e. The first-order valence-electron chi connectivity index (χ1n) is 5.61. The van der Waals surface area contributed by atoms with Gasteiger partial charge in [0.1, 0.15) is 5.75 Å². The molecule has 1 aromatic carbocycles. The summed E-state index contributed by atoms with van der Waals surface area (Å²) in [5.74, 6) is -0.348. The molecule has 1 unspecified atom stereocenters. The molecule has 0 heterocycles. The molecule has 4 heteroatoms. The molecule has 1 atom stereocenters. The van der Waals surface area contributed by atoms with E-state index in [1.54, 1.807) is 19.2 Å². The summed E-state index contributed by atoms with van der Waals surface area (Å²) in [7, 11) is 1.55. The van der Waals surface area contributed by atoms with Crippen LogP contribution in [0.2, 0.25) is 5.02 Å². The second kappa shape index (κ2) is 4.57. The Hall–Kier alpha value is -1.22. The Morgan fingerprint density at radius 2 is 2.18 bits per heavy atom. The van der Waals surface area contributed by atoms with Crippen molar-refractivity contribution < 1.29 is 14.6 Å². The number of halogens is 1. The molecule has 1 aliphatic carbocycles. The smallest absolute Gasteiger partial charge is 0.311 e. The van der Waals surface area contributed by atoms with Crippen molar-refractivity contribution in [2.24, 2.45) is 5.92 Å². The van der Waals surface area contributed by atoms with Gasteiger partial charge in [0, 0.05) is 0 Å². The first-order chi connectivity index (χ1) is 8.04. The van der Waals surface area contributed by atoms with Crippen molar-refractivity contribution in [3.63, 3.8) is 0 Å². The predicted octanol–water partition coefficient (Wildman–Crippen LogP) is 3.24. The van der Waals surface area contributed by atoms with Crippen LogP contribution in [0.1, 0.15) is 29.9 Å². The lowest BCUT2D eigenvalue weighted by Crippen LogP contribution is -2.15. The zero-order chi connectivity index (χ0) is 12.6. The molecule has 2 rings (SSSR count). The lowest BCUT2D eigenvalue weighted by Gasteiger charge is -2.16. The van der Waals surface area contributed by atoms with Crippen LogP contribution in [0, 0.1) is 12.8 Å². The summed E-state index contributed by atoms with van der Waals surface area (Å²) < 4.78 is 5.12. The number of carboxylic acid groups (broad SMARTS) is 1.